The fourth-order valence-electron chi connectivity index (χ4n) is 1.60. The van der Waals surface area contributed by atoms with Crippen LogP contribution in [0.4, 0.5) is 0 Å². The molecule has 0 aromatic rings. The SMILES string of the molecule is CN(C)CC1CCCNC1.Cl. The minimum absolute atomic E-state index is 0. The van der Waals surface area contributed by atoms with Crippen LogP contribution in [0.15, 0.2) is 0 Å². The number of nitrogens with one attached hydrogen (secondary N) is 1. The van der Waals surface area contributed by atoms with Crippen LogP contribution in [0.25, 0.3) is 0 Å². The Morgan fingerprint density at radius 3 is 2.64 bits per heavy atom. The van der Waals surface area contributed by atoms with E-state index in [1.807, 2.05) is 0 Å². The quantitative estimate of drug-likeness (QED) is 0.678. The summed E-state index contributed by atoms with van der Waals surface area (Å²) in [5.74, 6) is 0.892. The van der Waals surface area contributed by atoms with Crippen molar-refractivity contribution in [1.82, 2.24) is 10.2 Å². The van der Waals surface area contributed by atoms with E-state index in [9.17, 15) is 0 Å². The second kappa shape index (κ2) is 5.81. The van der Waals surface area contributed by atoms with Gasteiger partial charge in [0.1, 0.15) is 0 Å². The first kappa shape index (κ1) is 11.2. The van der Waals surface area contributed by atoms with E-state index in [0.717, 1.165) is 5.92 Å². The molecule has 1 aliphatic heterocycles. The summed E-state index contributed by atoms with van der Waals surface area (Å²) in [6.45, 7) is 3.69. The number of hydrogen-bond acceptors (Lipinski definition) is 2. The van der Waals surface area contributed by atoms with Crippen LogP contribution in [0, 0.1) is 5.92 Å². The van der Waals surface area contributed by atoms with Crippen LogP contribution >= 0.6 is 12.4 Å². The fourth-order valence-corrected chi connectivity index (χ4v) is 1.60. The van der Waals surface area contributed by atoms with Gasteiger partial charge in [-0.05, 0) is 45.9 Å². The Labute approximate surface area is 75.8 Å². The first-order chi connectivity index (χ1) is 4.79. The Morgan fingerprint density at radius 1 is 1.45 bits per heavy atom. The van der Waals surface area contributed by atoms with Crippen molar-refractivity contribution in [3.05, 3.63) is 0 Å². The van der Waals surface area contributed by atoms with Crippen molar-refractivity contribution in [2.24, 2.45) is 5.92 Å². The Kier molecular flexibility index (Phi) is 5.92. The highest BCUT2D eigenvalue weighted by atomic mass is 35.5. The lowest BCUT2D eigenvalue weighted by molar-refractivity contribution is 0.276. The van der Waals surface area contributed by atoms with Gasteiger partial charge < -0.3 is 10.2 Å². The Balaban J connectivity index is 0.000001000. The van der Waals surface area contributed by atoms with E-state index in [4.69, 9.17) is 0 Å². The molecule has 1 atom stereocenters. The van der Waals surface area contributed by atoms with Gasteiger partial charge in [-0.25, -0.2) is 0 Å². The van der Waals surface area contributed by atoms with Crippen molar-refractivity contribution in [2.75, 3.05) is 33.7 Å². The molecule has 1 heterocycles. The molecule has 1 aliphatic rings. The van der Waals surface area contributed by atoms with Crippen molar-refractivity contribution < 1.29 is 0 Å². The molecule has 1 unspecified atom stereocenters. The highest BCUT2D eigenvalue weighted by molar-refractivity contribution is 5.85. The lowest BCUT2D eigenvalue weighted by atomic mass is 9.99. The van der Waals surface area contributed by atoms with E-state index in [2.05, 4.69) is 24.3 Å². The maximum absolute atomic E-state index is 3.41. The van der Waals surface area contributed by atoms with E-state index >= 15 is 0 Å². The summed E-state index contributed by atoms with van der Waals surface area (Å²) in [7, 11) is 4.29. The summed E-state index contributed by atoms with van der Waals surface area (Å²) < 4.78 is 0. The normalized spacial score (nSPS) is 24.8. The topological polar surface area (TPSA) is 15.3 Å². The predicted molar refractivity (Wildman–Crippen MR) is 51.4 cm³/mol. The maximum Gasteiger partial charge on any atom is 0.00157 e. The Hall–Kier alpha value is 0.210. The van der Waals surface area contributed by atoms with Gasteiger partial charge >= 0.3 is 0 Å². The zero-order valence-electron chi connectivity index (χ0n) is 7.47. The van der Waals surface area contributed by atoms with Gasteiger partial charge in [0.25, 0.3) is 0 Å². The average molecular weight is 179 g/mol. The highest BCUT2D eigenvalue weighted by Gasteiger charge is 2.12. The van der Waals surface area contributed by atoms with Gasteiger partial charge in [-0.15, -0.1) is 12.4 Å². The van der Waals surface area contributed by atoms with E-state index in [1.165, 1.54) is 32.5 Å². The van der Waals surface area contributed by atoms with Crippen LogP contribution < -0.4 is 5.32 Å². The lowest BCUT2D eigenvalue weighted by Crippen LogP contribution is -2.35. The zero-order chi connectivity index (χ0) is 7.40. The van der Waals surface area contributed by atoms with Crippen molar-refractivity contribution in [1.29, 1.82) is 0 Å². The van der Waals surface area contributed by atoms with Crippen LogP contribution in [0.1, 0.15) is 12.8 Å². The minimum atomic E-state index is 0. The number of hydrogen-bond donors (Lipinski definition) is 1. The predicted octanol–water partition coefficient (Wildman–Crippen LogP) is 0.969. The van der Waals surface area contributed by atoms with Crippen LogP contribution in [-0.2, 0) is 0 Å². The molecule has 0 aromatic heterocycles. The lowest BCUT2D eigenvalue weighted by Gasteiger charge is -2.25. The van der Waals surface area contributed by atoms with Crippen molar-refractivity contribution in [3.63, 3.8) is 0 Å². The maximum atomic E-state index is 3.41. The van der Waals surface area contributed by atoms with E-state index in [-0.39, 0.29) is 12.4 Å². The van der Waals surface area contributed by atoms with Crippen LogP contribution in [-0.4, -0.2) is 38.6 Å². The molecule has 3 heteroatoms. The Bertz CT molecular complexity index is 90.1. The van der Waals surface area contributed by atoms with Crippen LogP contribution in [0.5, 0.6) is 0 Å². The molecule has 0 amide bonds. The second-order valence-corrected chi connectivity index (χ2v) is 3.47. The largest absolute Gasteiger partial charge is 0.316 e. The van der Waals surface area contributed by atoms with E-state index < -0.39 is 0 Å². The summed E-state index contributed by atoms with van der Waals surface area (Å²) in [6.07, 6.45) is 2.77. The number of nitrogens with zero attached hydrogens (tertiary/aromatic N) is 1. The average Bonchev–Trinajstić information content (AvgIpc) is 1.88. The molecule has 0 aromatic carbocycles. The first-order valence-electron chi connectivity index (χ1n) is 4.14. The van der Waals surface area contributed by atoms with Gasteiger partial charge in [0, 0.05) is 6.54 Å². The summed E-state index contributed by atoms with van der Waals surface area (Å²) in [5, 5.41) is 3.41. The number of halogens is 1. The number of rotatable bonds is 2. The van der Waals surface area contributed by atoms with Gasteiger partial charge in [0.05, 0.1) is 0 Å². The van der Waals surface area contributed by atoms with Crippen LogP contribution in [0.2, 0.25) is 0 Å². The molecular formula is C8H19ClN2. The second-order valence-electron chi connectivity index (χ2n) is 3.47. The van der Waals surface area contributed by atoms with Gasteiger partial charge in [-0.1, -0.05) is 0 Å². The summed E-state index contributed by atoms with van der Waals surface area (Å²) in [6, 6.07) is 0. The molecule has 0 saturated carbocycles. The monoisotopic (exact) mass is 178 g/mol. The van der Waals surface area contributed by atoms with Gasteiger partial charge in [0.15, 0.2) is 0 Å². The van der Waals surface area contributed by atoms with E-state index in [1.54, 1.807) is 0 Å². The van der Waals surface area contributed by atoms with E-state index in [0.29, 0.717) is 0 Å². The van der Waals surface area contributed by atoms with Gasteiger partial charge in [0.2, 0.25) is 0 Å². The van der Waals surface area contributed by atoms with Gasteiger partial charge in [-0.2, -0.15) is 0 Å². The molecule has 1 rings (SSSR count). The van der Waals surface area contributed by atoms with Crippen molar-refractivity contribution in [3.8, 4) is 0 Å². The Morgan fingerprint density at radius 2 is 2.18 bits per heavy atom. The molecule has 1 saturated heterocycles. The molecule has 1 N–H and O–H groups in total. The summed E-state index contributed by atoms with van der Waals surface area (Å²) in [5.41, 5.74) is 0. The van der Waals surface area contributed by atoms with Crippen molar-refractivity contribution >= 4 is 12.4 Å². The third kappa shape index (κ3) is 4.62. The van der Waals surface area contributed by atoms with Gasteiger partial charge in [-0.3, -0.25) is 0 Å². The van der Waals surface area contributed by atoms with Crippen LogP contribution in [0.3, 0.4) is 0 Å². The third-order valence-electron chi connectivity index (χ3n) is 2.02. The summed E-state index contributed by atoms with van der Waals surface area (Å²) in [4.78, 5) is 2.28. The molecule has 0 aliphatic carbocycles. The molecule has 2 nitrogen and oxygen atoms in total. The number of piperidine rings is 1. The zero-order valence-corrected chi connectivity index (χ0v) is 8.28. The fraction of sp³-hybridized carbons (Fsp3) is 1.00. The summed E-state index contributed by atoms with van der Waals surface area (Å²) >= 11 is 0. The van der Waals surface area contributed by atoms with Crippen molar-refractivity contribution in [2.45, 2.75) is 12.8 Å². The standard InChI is InChI=1S/C8H18N2.ClH/c1-10(2)7-8-4-3-5-9-6-8;/h8-9H,3-7H2,1-2H3;1H. The first-order valence-corrected chi connectivity index (χ1v) is 4.14. The molecule has 11 heavy (non-hydrogen) atoms. The molecule has 0 radical (unpaired) electrons. The molecular weight excluding hydrogens is 160 g/mol. The smallest absolute Gasteiger partial charge is 0.00157 e. The minimum Gasteiger partial charge on any atom is -0.316 e. The molecule has 1 fully saturated rings. The molecule has 0 spiro atoms. The molecule has 68 valence electrons. The highest BCUT2D eigenvalue weighted by Crippen LogP contribution is 2.09. The third-order valence-corrected chi connectivity index (χ3v) is 2.02. The molecule has 0 bridgehead atoms.